The molecule has 2 N–H and O–H groups in total. The van der Waals surface area contributed by atoms with E-state index in [4.69, 9.17) is 11.0 Å². The summed E-state index contributed by atoms with van der Waals surface area (Å²) in [7, 11) is 0. The fourth-order valence-corrected chi connectivity index (χ4v) is 3.84. The summed E-state index contributed by atoms with van der Waals surface area (Å²) in [5.74, 6) is 3.67. The number of rotatable bonds is 2. The molecule has 1 aliphatic heterocycles. The lowest BCUT2D eigenvalue weighted by atomic mass is 10.0. The molecular formula is C14H16N4S. The third-order valence-electron chi connectivity index (χ3n) is 3.71. The molecule has 0 bridgehead atoms. The lowest BCUT2D eigenvalue weighted by molar-refractivity contribution is 0.425. The van der Waals surface area contributed by atoms with Crippen LogP contribution in [0.5, 0.6) is 0 Å². The van der Waals surface area contributed by atoms with Crippen LogP contribution in [0.3, 0.4) is 0 Å². The minimum absolute atomic E-state index is 0.524. The second-order valence-corrected chi connectivity index (χ2v) is 6.15. The summed E-state index contributed by atoms with van der Waals surface area (Å²) in [6.45, 7) is 0.914. The Kier molecular flexibility index (Phi) is 3.34. The Hall–Kier alpha value is -1.67. The summed E-state index contributed by atoms with van der Waals surface area (Å²) in [4.78, 5) is 4.36. The van der Waals surface area contributed by atoms with Gasteiger partial charge in [0.2, 0.25) is 5.95 Å². The molecule has 1 aliphatic rings. The van der Waals surface area contributed by atoms with Crippen LogP contribution in [0, 0.1) is 17.2 Å². The SMILES string of the molecule is N#Cc1cccc2c1nc(N)n2CC1CCSCC1. The molecule has 3 rings (SSSR count). The predicted octanol–water partition coefficient (Wildman–Crippen LogP) is 2.63. The van der Waals surface area contributed by atoms with Crippen molar-refractivity contribution in [1.29, 1.82) is 5.26 Å². The highest BCUT2D eigenvalue weighted by molar-refractivity contribution is 7.99. The number of nitrogens with two attached hydrogens (primary N) is 1. The lowest BCUT2D eigenvalue weighted by Gasteiger charge is -2.22. The number of benzene rings is 1. The van der Waals surface area contributed by atoms with Crippen molar-refractivity contribution in [3.8, 4) is 6.07 Å². The molecule has 1 aromatic heterocycles. The molecule has 2 heterocycles. The maximum Gasteiger partial charge on any atom is 0.201 e. The Morgan fingerprint density at radius 2 is 2.21 bits per heavy atom. The van der Waals surface area contributed by atoms with E-state index in [0.29, 0.717) is 17.4 Å². The molecule has 0 aliphatic carbocycles. The highest BCUT2D eigenvalue weighted by Gasteiger charge is 2.18. The summed E-state index contributed by atoms with van der Waals surface area (Å²) >= 11 is 2.03. The molecule has 5 heteroatoms. The zero-order chi connectivity index (χ0) is 13.2. The van der Waals surface area contributed by atoms with E-state index in [-0.39, 0.29) is 0 Å². The zero-order valence-electron chi connectivity index (χ0n) is 10.7. The normalized spacial score (nSPS) is 16.6. The second kappa shape index (κ2) is 5.14. The van der Waals surface area contributed by atoms with Gasteiger partial charge in [0.15, 0.2) is 0 Å². The molecule has 1 aromatic carbocycles. The summed E-state index contributed by atoms with van der Waals surface area (Å²) in [6, 6.07) is 7.86. The Balaban J connectivity index is 1.99. The molecule has 4 nitrogen and oxygen atoms in total. The van der Waals surface area contributed by atoms with Crippen molar-refractivity contribution in [3.63, 3.8) is 0 Å². The number of imidazole rings is 1. The van der Waals surface area contributed by atoms with E-state index in [0.717, 1.165) is 17.6 Å². The van der Waals surface area contributed by atoms with Gasteiger partial charge in [-0.3, -0.25) is 0 Å². The minimum Gasteiger partial charge on any atom is -0.369 e. The maximum atomic E-state index is 9.11. The van der Waals surface area contributed by atoms with Gasteiger partial charge in [-0.05, 0) is 42.4 Å². The average molecular weight is 272 g/mol. The van der Waals surface area contributed by atoms with E-state index in [1.165, 1.54) is 24.3 Å². The molecule has 0 atom stereocenters. The van der Waals surface area contributed by atoms with Crippen molar-refractivity contribution in [2.24, 2.45) is 5.92 Å². The van der Waals surface area contributed by atoms with Gasteiger partial charge in [-0.1, -0.05) is 6.07 Å². The van der Waals surface area contributed by atoms with Crippen molar-refractivity contribution in [1.82, 2.24) is 9.55 Å². The summed E-state index contributed by atoms with van der Waals surface area (Å²) in [5, 5.41) is 9.11. The summed E-state index contributed by atoms with van der Waals surface area (Å²) < 4.78 is 2.07. The highest BCUT2D eigenvalue weighted by atomic mass is 32.2. The molecule has 19 heavy (non-hydrogen) atoms. The predicted molar refractivity (Wildman–Crippen MR) is 78.9 cm³/mol. The van der Waals surface area contributed by atoms with Gasteiger partial charge in [0, 0.05) is 6.54 Å². The van der Waals surface area contributed by atoms with E-state index in [9.17, 15) is 0 Å². The fraction of sp³-hybridized carbons (Fsp3) is 0.429. The van der Waals surface area contributed by atoms with Crippen LogP contribution in [0.2, 0.25) is 0 Å². The quantitative estimate of drug-likeness (QED) is 0.912. The molecule has 1 saturated heterocycles. The van der Waals surface area contributed by atoms with E-state index < -0.39 is 0 Å². The second-order valence-electron chi connectivity index (χ2n) is 4.92. The molecular weight excluding hydrogens is 256 g/mol. The Labute approximate surface area is 116 Å². The van der Waals surface area contributed by atoms with Crippen LogP contribution in [0.1, 0.15) is 18.4 Å². The summed E-state index contributed by atoms with van der Waals surface area (Å²) in [6.07, 6.45) is 2.48. The summed E-state index contributed by atoms with van der Waals surface area (Å²) in [5.41, 5.74) is 8.34. The number of nitriles is 1. The minimum atomic E-state index is 0.524. The van der Waals surface area contributed by atoms with Gasteiger partial charge in [0.25, 0.3) is 0 Å². The van der Waals surface area contributed by atoms with Gasteiger partial charge in [-0.2, -0.15) is 17.0 Å². The number of para-hydroxylation sites is 1. The highest BCUT2D eigenvalue weighted by Crippen LogP contribution is 2.28. The smallest absolute Gasteiger partial charge is 0.201 e. The molecule has 0 spiro atoms. The van der Waals surface area contributed by atoms with Gasteiger partial charge in [0.05, 0.1) is 11.1 Å². The van der Waals surface area contributed by atoms with E-state index in [1.807, 2.05) is 23.9 Å². The Bertz CT molecular complexity index is 635. The van der Waals surface area contributed by atoms with Crippen LogP contribution in [-0.2, 0) is 6.54 Å². The van der Waals surface area contributed by atoms with Crippen LogP contribution in [0.4, 0.5) is 5.95 Å². The monoisotopic (exact) mass is 272 g/mol. The molecule has 2 aromatic rings. The van der Waals surface area contributed by atoms with E-state index in [2.05, 4.69) is 15.6 Å². The number of anilines is 1. The zero-order valence-corrected chi connectivity index (χ0v) is 11.5. The topological polar surface area (TPSA) is 67.6 Å². The van der Waals surface area contributed by atoms with Gasteiger partial charge < -0.3 is 10.3 Å². The van der Waals surface area contributed by atoms with Crippen LogP contribution in [-0.4, -0.2) is 21.1 Å². The third-order valence-corrected chi connectivity index (χ3v) is 4.76. The first-order valence-electron chi connectivity index (χ1n) is 6.52. The molecule has 0 saturated carbocycles. The fourth-order valence-electron chi connectivity index (χ4n) is 2.63. The van der Waals surface area contributed by atoms with Gasteiger partial charge in [0.1, 0.15) is 11.6 Å². The van der Waals surface area contributed by atoms with Crippen molar-refractivity contribution >= 4 is 28.7 Å². The standard InChI is InChI=1S/C14H16N4S/c15-8-11-2-1-3-12-13(11)17-14(16)18(12)9-10-4-6-19-7-5-10/h1-3,10H,4-7,9H2,(H2,16,17). The number of hydrogen-bond donors (Lipinski definition) is 1. The first kappa shape index (κ1) is 12.4. The number of hydrogen-bond acceptors (Lipinski definition) is 4. The molecule has 1 fully saturated rings. The molecule has 0 amide bonds. The third kappa shape index (κ3) is 2.28. The van der Waals surface area contributed by atoms with E-state index in [1.54, 1.807) is 6.07 Å². The molecule has 0 unspecified atom stereocenters. The van der Waals surface area contributed by atoms with Crippen LogP contribution >= 0.6 is 11.8 Å². The number of nitrogen functional groups attached to an aromatic ring is 1. The number of nitrogens with zero attached hydrogens (tertiary/aromatic N) is 3. The Morgan fingerprint density at radius 3 is 2.95 bits per heavy atom. The van der Waals surface area contributed by atoms with Crippen LogP contribution < -0.4 is 5.73 Å². The van der Waals surface area contributed by atoms with Gasteiger partial charge >= 0.3 is 0 Å². The lowest BCUT2D eigenvalue weighted by Crippen LogP contribution is -2.17. The number of aromatic nitrogens is 2. The van der Waals surface area contributed by atoms with Crippen molar-refractivity contribution in [2.45, 2.75) is 19.4 Å². The van der Waals surface area contributed by atoms with E-state index >= 15 is 0 Å². The van der Waals surface area contributed by atoms with Gasteiger partial charge in [-0.25, -0.2) is 4.98 Å². The molecule has 0 radical (unpaired) electrons. The van der Waals surface area contributed by atoms with Crippen LogP contribution in [0.25, 0.3) is 11.0 Å². The maximum absolute atomic E-state index is 9.11. The Morgan fingerprint density at radius 1 is 1.42 bits per heavy atom. The first-order valence-corrected chi connectivity index (χ1v) is 7.67. The molecule has 98 valence electrons. The largest absolute Gasteiger partial charge is 0.369 e. The number of fused-ring (bicyclic) bond motifs is 1. The van der Waals surface area contributed by atoms with Crippen molar-refractivity contribution < 1.29 is 0 Å². The van der Waals surface area contributed by atoms with Crippen LogP contribution in [0.15, 0.2) is 18.2 Å². The van der Waals surface area contributed by atoms with Gasteiger partial charge in [-0.15, -0.1) is 0 Å². The van der Waals surface area contributed by atoms with Crippen molar-refractivity contribution in [3.05, 3.63) is 23.8 Å². The van der Waals surface area contributed by atoms with Crippen molar-refractivity contribution in [2.75, 3.05) is 17.2 Å². The number of thioether (sulfide) groups is 1. The average Bonchev–Trinajstić information content (AvgIpc) is 2.76. The first-order chi connectivity index (χ1) is 9.29.